The van der Waals surface area contributed by atoms with Gasteiger partial charge in [-0.15, -0.1) is 11.3 Å². The van der Waals surface area contributed by atoms with Crippen molar-refractivity contribution in [3.05, 3.63) is 16.6 Å². The molecule has 0 amide bonds. The summed E-state index contributed by atoms with van der Waals surface area (Å²) >= 11 is 1.50. The van der Waals surface area contributed by atoms with E-state index in [2.05, 4.69) is 4.98 Å². The van der Waals surface area contributed by atoms with Crippen molar-refractivity contribution in [3.8, 4) is 0 Å². The molecule has 12 heavy (non-hydrogen) atoms. The molecular weight excluding hydrogens is 172 g/mol. The van der Waals surface area contributed by atoms with Crippen molar-refractivity contribution in [2.45, 2.75) is 18.9 Å². The molecular formula is C8H12N2OS. The summed E-state index contributed by atoms with van der Waals surface area (Å²) in [4.78, 5) is 4.88. The first-order valence-corrected chi connectivity index (χ1v) is 4.93. The summed E-state index contributed by atoms with van der Waals surface area (Å²) in [7, 11) is 0. The maximum Gasteiger partial charge on any atom is 0.0966 e. The van der Waals surface area contributed by atoms with Crippen molar-refractivity contribution in [2.24, 2.45) is 11.1 Å². The van der Waals surface area contributed by atoms with Crippen LogP contribution in [0, 0.1) is 5.41 Å². The molecule has 3 N–H and O–H groups in total. The van der Waals surface area contributed by atoms with Gasteiger partial charge >= 0.3 is 0 Å². The van der Waals surface area contributed by atoms with Crippen LogP contribution in [0.25, 0.3) is 0 Å². The van der Waals surface area contributed by atoms with Crippen molar-refractivity contribution >= 4 is 11.3 Å². The zero-order valence-electron chi connectivity index (χ0n) is 6.73. The van der Waals surface area contributed by atoms with Crippen LogP contribution in [0.4, 0.5) is 0 Å². The average Bonchev–Trinajstić information content (AvgIpc) is 2.71. The molecule has 0 bridgehead atoms. The molecule has 3 nitrogen and oxygen atoms in total. The monoisotopic (exact) mass is 184 g/mol. The summed E-state index contributed by atoms with van der Waals surface area (Å²) in [5.74, 6) is 0. The third-order valence-corrected chi connectivity index (χ3v) is 3.43. The number of aromatic nitrogens is 1. The molecule has 2 rings (SSSR count). The van der Waals surface area contributed by atoms with E-state index in [1.54, 1.807) is 11.7 Å². The molecule has 1 aromatic heterocycles. The molecule has 1 fully saturated rings. The zero-order chi connectivity index (χ0) is 8.60. The molecule has 0 aromatic carbocycles. The minimum atomic E-state index is -0.394. The first-order chi connectivity index (χ1) is 5.78. The fraction of sp³-hybridized carbons (Fsp3) is 0.625. The highest BCUT2D eigenvalue weighted by Gasteiger charge is 2.48. The highest BCUT2D eigenvalue weighted by molar-refractivity contribution is 7.09. The third kappa shape index (κ3) is 1.16. The van der Waals surface area contributed by atoms with Gasteiger partial charge in [-0.2, -0.15) is 0 Å². The predicted octanol–water partition coefficient (Wildman–Crippen LogP) is 0.915. The number of nitrogens with two attached hydrogens (primary N) is 1. The minimum absolute atomic E-state index is 0.0213. The Morgan fingerprint density at radius 1 is 1.75 bits per heavy atom. The van der Waals surface area contributed by atoms with Crippen LogP contribution in [0.2, 0.25) is 0 Å². The zero-order valence-corrected chi connectivity index (χ0v) is 7.55. The van der Waals surface area contributed by atoms with Gasteiger partial charge in [0, 0.05) is 18.2 Å². The van der Waals surface area contributed by atoms with E-state index in [4.69, 9.17) is 5.73 Å². The Labute approximate surface area is 75.2 Å². The Bertz CT molecular complexity index is 256. The second-order valence-electron chi connectivity index (χ2n) is 3.37. The largest absolute Gasteiger partial charge is 0.387 e. The van der Waals surface area contributed by atoms with Crippen LogP contribution in [-0.2, 0) is 0 Å². The SMILES string of the molecule is NCC1(C(O)c2cncs2)CC1. The summed E-state index contributed by atoms with van der Waals surface area (Å²) in [5, 5.41) is 9.89. The number of thiazole rings is 1. The predicted molar refractivity (Wildman–Crippen MR) is 47.8 cm³/mol. The molecule has 4 heteroatoms. The molecule has 0 saturated heterocycles. The molecule has 1 atom stereocenters. The van der Waals surface area contributed by atoms with Crippen molar-refractivity contribution < 1.29 is 5.11 Å². The van der Waals surface area contributed by atoms with E-state index in [0.29, 0.717) is 6.54 Å². The Hall–Kier alpha value is -0.450. The van der Waals surface area contributed by atoms with Gasteiger partial charge in [0.2, 0.25) is 0 Å². The fourth-order valence-corrected chi connectivity index (χ4v) is 2.16. The number of hydrogen-bond acceptors (Lipinski definition) is 4. The van der Waals surface area contributed by atoms with Gasteiger partial charge in [-0.05, 0) is 12.8 Å². The van der Waals surface area contributed by atoms with Crippen LogP contribution in [0.15, 0.2) is 11.7 Å². The van der Waals surface area contributed by atoms with Gasteiger partial charge in [-0.1, -0.05) is 0 Å². The maximum atomic E-state index is 9.89. The Kier molecular flexibility index (Phi) is 1.90. The molecule has 0 radical (unpaired) electrons. The van der Waals surface area contributed by atoms with Gasteiger partial charge in [-0.25, -0.2) is 0 Å². The van der Waals surface area contributed by atoms with Crippen LogP contribution in [0.1, 0.15) is 23.8 Å². The van der Waals surface area contributed by atoms with Crippen LogP contribution in [0.5, 0.6) is 0 Å². The average molecular weight is 184 g/mol. The van der Waals surface area contributed by atoms with Gasteiger partial charge in [0.05, 0.1) is 16.5 Å². The van der Waals surface area contributed by atoms with Gasteiger partial charge in [-0.3, -0.25) is 4.98 Å². The van der Waals surface area contributed by atoms with Crippen LogP contribution in [0.3, 0.4) is 0 Å². The van der Waals surface area contributed by atoms with Gasteiger partial charge in [0.15, 0.2) is 0 Å². The smallest absolute Gasteiger partial charge is 0.0966 e. The molecule has 0 spiro atoms. The Balaban J connectivity index is 2.15. The second-order valence-corrected chi connectivity index (χ2v) is 4.29. The minimum Gasteiger partial charge on any atom is -0.387 e. The van der Waals surface area contributed by atoms with Gasteiger partial charge in [0.1, 0.15) is 0 Å². The van der Waals surface area contributed by atoms with E-state index in [-0.39, 0.29) is 5.41 Å². The second kappa shape index (κ2) is 2.80. The first-order valence-electron chi connectivity index (χ1n) is 4.05. The topological polar surface area (TPSA) is 59.1 Å². The number of aliphatic hydroxyl groups is 1. The summed E-state index contributed by atoms with van der Waals surface area (Å²) in [5.41, 5.74) is 7.32. The van der Waals surface area contributed by atoms with Crippen molar-refractivity contribution in [1.82, 2.24) is 4.98 Å². The molecule has 0 aliphatic heterocycles. The highest BCUT2D eigenvalue weighted by atomic mass is 32.1. The van der Waals surface area contributed by atoms with Crippen LogP contribution >= 0.6 is 11.3 Å². The number of nitrogens with zero attached hydrogens (tertiary/aromatic N) is 1. The van der Waals surface area contributed by atoms with Gasteiger partial charge in [0.25, 0.3) is 0 Å². The number of rotatable bonds is 3. The lowest BCUT2D eigenvalue weighted by Crippen LogP contribution is -2.22. The molecule has 1 aromatic rings. The molecule has 1 unspecified atom stereocenters. The Morgan fingerprint density at radius 3 is 2.92 bits per heavy atom. The number of hydrogen-bond donors (Lipinski definition) is 2. The summed E-state index contributed by atoms with van der Waals surface area (Å²) in [6.45, 7) is 0.575. The lowest BCUT2D eigenvalue weighted by atomic mass is 9.99. The lowest BCUT2D eigenvalue weighted by molar-refractivity contribution is 0.101. The molecule has 66 valence electrons. The quantitative estimate of drug-likeness (QED) is 0.734. The van der Waals surface area contributed by atoms with E-state index in [1.165, 1.54) is 11.3 Å². The van der Waals surface area contributed by atoms with E-state index in [9.17, 15) is 5.11 Å². The van der Waals surface area contributed by atoms with E-state index < -0.39 is 6.10 Å². The third-order valence-electron chi connectivity index (χ3n) is 2.60. The fourth-order valence-electron chi connectivity index (χ4n) is 1.41. The van der Waals surface area contributed by atoms with Crippen molar-refractivity contribution in [1.29, 1.82) is 0 Å². The summed E-state index contributed by atoms with van der Waals surface area (Å²) in [6.07, 6.45) is 3.42. The highest BCUT2D eigenvalue weighted by Crippen LogP contribution is 2.54. The maximum absolute atomic E-state index is 9.89. The summed E-state index contributed by atoms with van der Waals surface area (Å²) < 4.78 is 0. The molecule has 1 aliphatic carbocycles. The van der Waals surface area contributed by atoms with Crippen LogP contribution in [-0.4, -0.2) is 16.6 Å². The molecule has 1 aliphatic rings. The van der Waals surface area contributed by atoms with Gasteiger partial charge < -0.3 is 10.8 Å². The standard InChI is InChI=1S/C8H12N2OS/c9-4-8(1-2-8)7(11)6-3-10-5-12-6/h3,5,7,11H,1-2,4,9H2. The summed E-state index contributed by atoms with van der Waals surface area (Å²) in [6, 6.07) is 0. The van der Waals surface area contributed by atoms with E-state index in [0.717, 1.165) is 17.7 Å². The first kappa shape index (κ1) is 8.16. The van der Waals surface area contributed by atoms with Crippen LogP contribution < -0.4 is 5.73 Å². The van der Waals surface area contributed by atoms with E-state index >= 15 is 0 Å². The van der Waals surface area contributed by atoms with E-state index in [1.807, 2.05) is 0 Å². The normalized spacial score (nSPS) is 22.2. The molecule has 1 heterocycles. The van der Waals surface area contributed by atoms with Crippen molar-refractivity contribution in [2.75, 3.05) is 6.54 Å². The van der Waals surface area contributed by atoms with Crippen molar-refractivity contribution in [3.63, 3.8) is 0 Å². The lowest BCUT2D eigenvalue weighted by Gasteiger charge is -2.18. The Morgan fingerprint density at radius 2 is 2.50 bits per heavy atom. The number of aliphatic hydroxyl groups excluding tert-OH is 1. The molecule has 1 saturated carbocycles.